The zero-order valence-electron chi connectivity index (χ0n) is 12.1. The summed E-state index contributed by atoms with van der Waals surface area (Å²) in [6, 6.07) is 6.44. The lowest BCUT2D eigenvalue weighted by atomic mass is 10.2. The van der Waals surface area contributed by atoms with E-state index in [-0.39, 0.29) is 18.3 Å². The van der Waals surface area contributed by atoms with E-state index in [1.807, 2.05) is 0 Å². The van der Waals surface area contributed by atoms with Gasteiger partial charge >= 0.3 is 11.9 Å². The van der Waals surface area contributed by atoms with Gasteiger partial charge in [-0.15, -0.1) is 10.2 Å². The van der Waals surface area contributed by atoms with Crippen LogP contribution in [0.3, 0.4) is 0 Å². The number of azo groups is 1. The number of carbonyl (C=O) groups excluding carboxylic acids is 2. The number of esters is 2. The maximum absolute atomic E-state index is 11.3. The smallest absolute Gasteiger partial charge is 0.337 e. The highest BCUT2D eigenvalue weighted by molar-refractivity contribution is 5.89. The Hall–Kier alpha value is -3.03. The van der Waals surface area contributed by atoms with Crippen LogP contribution in [0.4, 0.5) is 11.6 Å². The summed E-state index contributed by atoms with van der Waals surface area (Å²) in [6.45, 7) is 0. The molecule has 8 heteroatoms. The van der Waals surface area contributed by atoms with Gasteiger partial charge in [-0.1, -0.05) is 0 Å². The molecule has 0 amide bonds. The third-order valence-corrected chi connectivity index (χ3v) is 2.73. The first-order chi connectivity index (χ1) is 10.6. The first kappa shape index (κ1) is 15.4. The van der Waals surface area contributed by atoms with Crippen molar-refractivity contribution in [1.29, 1.82) is 0 Å². The van der Waals surface area contributed by atoms with Crippen LogP contribution in [0.5, 0.6) is 0 Å². The highest BCUT2D eigenvalue weighted by Gasteiger charge is 2.06. The number of hydrogen-bond acceptors (Lipinski definition) is 7. The lowest BCUT2D eigenvalue weighted by molar-refractivity contribution is -0.139. The Balaban J connectivity index is 2.02. The summed E-state index contributed by atoms with van der Waals surface area (Å²) in [5.41, 5.74) is 1.57. The average Bonchev–Trinajstić information content (AvgIpc) is 3.00. The van der Waals surface area contributed by atoms with E-state index in [4.69, 9.17) is 0 Å². The zero-order valence-corrected chi connectivity index (χ0v) is 12.1. The molecule has 114 valence electrons. The van der Waals surface area contributed by atoms with E-state index in [9.17, 15) is 9.59 Å². The van der Waals surface area contributed by atoms with Gasteiger partial charge in [0.2, 0.25) is 5.95 Å². The molecule has 22 heavy (non-hydrogen) atoms. The van der Waals surface area contributed by atoms with Crippen molar-refractivity contribution in [2.45, 2.75) is 6.42 Å². The van der Waals surface area contributed by atoms with Crippen molar-refractivity contribution in [3.8, 4) is 0 Å². The minimum absolute atomic E-state index is 0.0901. The number of nitrogens with zero attached hydrogens (tertiary/aromatic N) is 3. The molecule has 0 saturated carbocycles. The molecule has 0 unspecified atom stereocenters. The van der Waals surface area contributed by atoms with E-state index in [1.54, 1.807) is 24.3 Å². The Morgan fingerprint density at radius 2 is 1.86 bits per heavy atom. The van der Waals surface area contributed by atoms with E-state index in [1.165, 1.54) is 20.4 Å². The zero-order chi connectivity index (χ0) is 15.9. The molecule has 0 fully saturated rings. The van der Waals surface area contributed by atoms with Gasteiger partial charge in [0.1, 0.15) is 0 Å². The minimum Gasteiger partial charge on any atom is -0.469 e. The molecule has 0 saturated heterocycles. The van der Waals surface area contributed by atoms with Crippen LogP contribution in [-0.2, 0) is 20.7 Å². The number of H-pyrrole nitrogens is 1. The van der Waals surface area contributed by atoms with Crippen molar-refractivity contribution >= 4 is 23.6 Å². The first-order valence-corrected chi connectivity index (χ1v) is 6.33. The molecule has 2 rings (SSSR count). The fourth-order valence-electron chi connectivity index (χ4n) is 1.60. The van der Waals surface area contributed by atoms with E-state index in [0.29, 0.717) is 16.9 Å². The molecule has 1 aromatic carbocycles. The summed E-state index contributed by atoms with van der Waals surface area (Å²) in [5, 5.41) is 7.89. The predicted molar refractivity (Wildman–Crippen MR) is 76.3 cm³/mol. The van der Waals surface area contributed by atoms with Crippen molar-refractivity contribution in [2.75, 3.05) is 14.2 Å². The monoisotopic (exact) mass is 302 g/mol. The summed E-state index contributed by atoms with van der Waals surface area (Å²) >= 11 is 0. The molecule has 0 atom stereocenters. The van der Waals surface area contributed by atoms with Gasteiger partial charge < -0.3 is 14.5 Å². The summed E-state index contributed by atoms with van der Waals surface area (Å²) in [5.74, 6) is -0.511. The second-order valence-corrected chi connectivity index (χ2v) is 4.22. The number of carbonyl (C=O) groups is 2. The number of imidazole rings is 1. The molecule has 1 heterocycles. The Labute approximate surface area is 126 Å². The van der Waals surface area contributed by atoms with Crippen molar-refractivity contribution in [3.05, 3.63) is 41.7 Å². The Morgan fingerprint density at radius 3 is 2.50 bits per heavy atom. The molecular weight excluding hydrogens is 288 g/mol. The lowest BCUT2D eigenvalue weighted by Crippen LogP contribution is -2.04. The van der Waals surface area contributed by atoms with Crippen LogP contribution in [0, 0.1) is 0 Å². The molecule has 0 aliphatic carbocycles. The third kappa shape index (κ3) is 3.98. The van der Waals surface area contributed by atoms with Gasteiger partial charge in [-0.25, -0.2) is 9.78 Å². The largest absolute Gasteiger partial charge is 0.469 e. The van der Waals surface area contributed by atoms with Gasteiger partial charge in [-0.3, -0.25) is 4.79 Å². The number of methoxy groups -OCH3 is 2. The van der Waals surface area contributed by atoms with Crippen LogP contribution < -0.4 is 0 Å². The molecule has 1 N–H and O–H groups in total. The number of benzene rings is 1. The quantitative estimate of drug-likeness (QED) is 0.674. The summed E-state index contributed by atoms with van der Waals surface area (Å²) in [7, 11) is 2.63. The molecular formula is C14H14N4O4. The second kappa shape index (κ2) is 7.11. The van der Waals surface area contributed by atoms with Gasteiger partial charge in [-0.05, 0) is 24.3 Å². The maximum atomic E-state index is 11.3. The average molecular weight is 302 g/mol. The maximum Gasteiger partial charge on any atom is 0.337 e. The highest BCUT2D eigenvalue weighted by Crippen LogP contribution is 2.17. The van der Waals surface area contributed by atoms with Gasteiger partial charge in [-0.2, -0.15) is 0 Å². The SMILES string of the molecule is COC(=O)Cc1cnc(N=Nc2ccc(C(=O)OC)cc2)[nH]1. The first-order valence-electron chi connectivity index (χ1n) is 6.33. The van der Waals surface area contributed by atoms with Crippen LogP contribution in [-0.4, -0.2) is 36.1 Å². The minimum atomic E-state index is -0.415. The Kier molecular flexibility index (Phi) is 4.97. The van der Waals surface area contributed by atoms with Gasteiger partial charge in [0.25, 0.3) is 0 Å². The van der Waals surface area contributed by atoms with Crippen LogP contribution in [0.1, 0.15) is 16.1 Å². The molecule has 0 bridgehead atoms. The fourth-order valence-corrected chi connectivity index (χ4v) is 1.60. The molecule has 0 aliphatic heterocycles. The molecule has 1 aromatic heterocycles. The van der Waals surface area contributed by atoms with Crippen LogP contribution in [0.15, 0.2) is 40.7 Å². The molecule has 0 radical (unpaired) electrons. The fraction of sp³-hybridized carbons (Fsp3) is 0.214. The van der Waals surface area contributed by atoms with Crippen molar-refractivity contribution in [2.24, 2.45) is 10.2 Å². The topological polar surface area (TPSA) is 106 Å². The number of rotatable bonds is 5. The van der Waals surface area contributed by atoms with Crippen LogP contribution in [0.2, 0.25) is 0 Å². The van der Waals surface area contributed by atoms with Crippen LogP contribution in [0.25, 0.3) is 0 Å². The van der Waals surface area contributed by atoms with E-state index < -0.39 is 5.97 Å². The van der Waals surface area contributed by atoms with Gasteiger partial charge in [0.15, 0.2) is 0 Å². The number of nitrogens with one attached hydrogen (secondary N) is 1. The summed E-state index contributed by atoms with van der Waals surface area (Å²) in [6.07, 6.45) is 1.58. The standard InChI is InChI=1S/C14H14N4O4/c1-21-12(19)7-11-8-15-14(16-11)18-17-10-5-3-9(4-6-10)13(20)22-2/h3-6,8H,7H2,1-2H3,(H,15,16). The number of hydrogen-bond donors (Lipinski definition) is 1. The highest BCUT2D eigenvalue weighted by atomic mass is 16.5. The number of aromatic amines is 1. The lowest BCUT2D eigenvalue weighted by Gasteiger charge is -1.98. The molecule has 0 spiro atoms. The van der Waals surface area contributed by atoms with E-state index in [2.05, 4.69) is 29.7 Å². The summed E-state index contributed by atoms with van der Waals surface area (Å²) in [4.78, 5) is 29.2. The number of ether oxygens (including phenoxy) is 2. The predicted octanol–water partition coefficient (Wildman–Crippen LogP) is 2.33. The van der Waals surface area contributed by atoms with Crippen molar-refractivity contribution in [3.63, 3.8) is 0 Å². The van der Waals surface area contributed by atoms with Crippen LogP contribution >= 0.6 is 0 Å². The van der Waals surface area contributed by atoms with Gasteiger partial charge in [0, 0.05) is 5.69 Å². The van der Waals surface area contributed by atoms with Crippen molar-refractivity contribution in [1.82, 2.24) is 9.97 Å². The Morgan fingerprint density at radius 1 is 1.14 bits per heavy atom. The number of aromatic nitrogens is 2. The van der Waals surface area contributed by atoms with E-state index in [0.717, 1.165) is 0 Å². The second-order valence-electron chi connectivity index (χ2n) is 4.22. The molecule has 0 aliphatic rings. The Bertz CT molecular complexity index is 691. The molecule has 8 nitrogen and oxygen atoms in total. The van der Waals surface area contributed by atoms with Crippen molar-refractivity contribution < 1.29 is 19.1 Å². The van der Waals surface area contributed by atoms with E-state index >= 15 is 0 Å². The third-order valence-electron chi connectivity index (χ3n) is 2.73. The molecule has 2 aromatic rings. The normalized spacial score (nSPS) is 10.6. The summed E-state index contributed by atoms with van der Waals surface area (Å²) < 4.78 is 9.16. The van der Waals surface area contributed by atoms with Gasteiger partial charge in [0.05, 0.1) is 38.1 Å².